The van der Waals surface area contributed by atoms with Crippen LogP contribution < -0.4 is 25.2 Å². The molecule has 0 spiro atoms. The van der Waals surface area contributed by atoms with E-state index in [1.807, 2.05) is 30.5 Å². The average Bonchev–Trinajstić information content (AvgIpc) is 3.59. The highest BCUT2D eigenvalue weighted by Gasteiger charge is 2.30. The minimum absolute atomic E-state index is 0.0126. The Labute approximate surface area is 222 Å². The number of aromatic hydroxyl groups is 1. The summed E-state index contributed by atoms with van der Waals surface area (Å²) in [5, 5.41) is 15.7. The number of methoxy groups -OCH3 is 1. The van der Waals surface area contributed by atoms with Crippen molar-refractivity contribution in [3.63, 3.8) is 0 Å². The maximum absolute atomic E-state index is 13.2. The zero-order chi connectivity index (χ0) is 26.9. The van der Waals surface area contributed by atoms with Crippen LogP contribution in [-0.4, -0.2) is 36.4 Å². The van der Waals surface area contributed by atoms with Crippen molar-refractivity contribution < 1.29 is 28.5 Å². The van der Waals surface area contributed by atoms with Gasteiger partial charge in [-0.05, 0) is 47.9 Å². The number of hydrogen-bond acceptors (Lipinski definition) is 7. The summed E-state index contributed by atoms with van der Waals surface area (Å²) in [4.78, 5) is 29.7. The molecule has 0 saturated carbocycles. The van der Waals surface area contributed by atoms with E-state index < -0.39 is 11.5 Å². The van der Waals surface area contributed by atoms with E-state index in [0.717, 1.165) is 16.5 Å². The molecule has 3 N–H and O–H groups in total. The molecule has 2 aromatic heterocycles. The number of fused-ring (bicyclic) bond motifs is 3. The number of carbonyl (C=O) groups is 1. The van der Waals surface area contributed by atoms with Crippen LogP contribution in [0.2, 0.25) is 0 Å². The Kier molecular flexibility index (Phi) is 6.32. The van der Waals surface area contributed by atoms with Crippen LogP contribution in [0.3, 0.4) is 0 Å². The van der Waals surface area contributed by atoms with Crippen LogP contribution in [0.25, 0.3) is 21.9 Å². The van der Waals surface area contributed by atoms with E-state index in [1.54, 1.807) is 36.4 Å². The van der Waals surface area contributed by atoms with Gasteiger partial charge in [0, 0.05) is 36.0 Å². The predicted octanol–water partition coefficient (Wildman–Crippen LogP) is 4.60. The third-order valence-corrected chi connectivity index (χ3v) is 7.03. The number of carbonyl (C=O) groups excluding carboxylic acids is 1. The fourth-order valence-corrected chi connectivity index (χ4v) is 5.13. The molecule has 0 unspecified atom stereocenters. The van der Waals surface area contributed by atoms with Gasteiger partial charge in [0.1, 0.15) is 11.3 Å². The second-order valence-electron chi connectivity index (χ2n) is 9.32. The molecule has 1 amide bonds. The molecule has 198 valence electrons. The van der Waals surface area contributed by atoms with Gasteiger partial charge in [-0.2, -0.15) is 0 Å². The van der Waals surface area contributed by atoms with Crippen molar-refractivity contribution in [1.29, 1.82) is 0 Å². The van der Waals surface area contributed by atoms with Gasteiger partial charge in [-0.1, -0.05) is 30.3 Å². The number of rotatable bonds is 8. The molecule has 6 rings (SSSR count). The number of aromatic nitrogens is 1. The monoisotopic (exact) mass is 526 g/mol. The zero-order valence-electron chi connectivity index (χ0n) is 21.2. The van der Waals surface area contributed by atoms with Gasteiger partial charge in [0.15, 0.2) is 11.5 Å². The van der Waals surface area contributed by atoms with Gasteiger partial charge < -0.3 is 34.0 Å². The Bertz CT molecular complexity index is 1750. The minimum atomic E-state index is -0.845. The van der Waals surface area contributed by atoms with Crippen LogP contribution in [0.4, 0.5) is 0 Å². The molecule has 3 aromatic carbocycles. The van der Waals surface area contributed by atoms with E-state index in [-0.39, 0.29) is 36.0 Å². The van der Waals surface area contributed by atoms with E-state index >= 15 is 0 Å². The van der Waals surface area contributed by atoms with Gasteiger partial charge >= 0.3 is 5.63 Å². The lowest BCUT2D eigenvalue weighted by Crippen LogP contribution is -2.28. The number of ether oxygens (including phenoxy) is 3. The Hall–Kier alpha value is -4.92. The summed E-state index contributed by atoms with van der Waals surface area (Å²) in [6, 6.07) is 18.1. The van der Waals surface area contributed by atoms with Crippen molar-refractivity contribution in [2.75, 3.05) is 20.4 Å². The zero-order valence-corrected chi connectivity index (χ0v) is 21.2. The number of benzene rings is 3. The SMILES string of the molecule is COc1cc([C@H](CC(=O)NCCc2c[nH]c3ccccc23)c2c(O)c3ccccc3oc2=O)cc2c1OCO2. The number of nitrogens with one attached hydrogen (secondary N) is 2. The third-order valence-electron chi connectivity index (χ3n) is 7.03. The normalized spacial score (nSPS) is 13.1. The maximum Gasteiger partial charge on any atom is 0.343 e. The molecule has 1 aliphatic heterocycles. The fourth-order valence-electron chi connectivity index (χ4n) is 5.13. The standard InChI is InChI=1S/C30H26N2O7/c1-36-24-12-18(13-25-29(24)38-16-37-25)21(27-28(34)20-7-3-5-9-23(20)39-30(27)35)14-26(33)31-11-10-17-15-32-22-8-4-2-6-19(17)22/h2-9,12-13,15,21,32,34H,10-11,14,16H2,1H3,(H,31,33)/t21-/m0/s1. The van der Waals surface area contributed by atoms with Crippen LogP contribution in [0.1, 0.15) is 29.0 Å². The Morgan fingerprint density at radius 3 is 2.74 bits per heavy atom. The lowest BCUT2D eigenvalue weighted by molar-refractivity contribution is -0.121. The highest BCUT2D eigenvalue weighted by molar-refractivity contribution is 5.86. The van der Waals surface area contributed by atoms with Gasteiger partial charge in [0.05, 0.1) is 18.1 Å². The molecule has 9 heteroatoms. The molecule has 9 nitrogen and oxygen atoms in total. The van der Waals surface area contributed by atoms with Gasteiger partial charge in [-0.25, -0.2) is 4.79 Å². The van der Waals surface area contributed by atoms with E-state index in [0.29, 0.717) is 41.2 Å². The van der Waals surface area contributed by atoms with Crippen LogP contribution >= 0.6 is 0 Å². The summed E-state index contributed by atoms with van der Waals surface area (Å²) in [6.45, 7) is 0.424. The molecule has 0 bridgehead atoms. The predicted molar refractivity (Wildman–Crippen MR) is 145 cm³/mol. The van der Waals surface area contributed by atoms with E-state index in [9.17, 15) is 14.7 Å². The largest absolute Gasteiger partial charge is 0.507 e. The van der Waals surface area contributed by atoms with Gasteiger partial charge in [-0.3, -0.25) is 4.79 Å². The van der Waals surface area contributed by atoms with Crippen LogP contribution in [-0.2, 0) is 11.2 Å². The van der Waals surface area contributed by atoms with Crippen molar-refractivity contribution in [2.45, 2.75) is 18.8 Å². The fraction of sp³-hybridized carbons (Fsp3) is 0.200. The first-order valence-electron chi connectivity index (χ1n) is 12.6. The topological polar surface area (TPSA) is 123 Å². The number of H-pyrrole nitrogens is 1. The first-order valence-corrected chi connectivity index (χ1v) is 12.6. The quantitative estimate of drug-likeness (QED) is 0.253. The van der Waals surface area contributed by atoms with Crippen LogP contribution in [0.15, 0.2) is 76.1 Å². The van der Waals surface area contributed by atoms with Crippen molar-refractivity contribution in [2.24, 2.45) is 0 Å². The average molecular weight is 527 g/mol. The van der Waals surface area contributed by atoms with Gasteiger partial charge in [0.2, 0.25) is 18.4 Å². The Morgan fingerprint density at radius 2 is 1.90 bits per heavy atom. The van der Waals surface area contributed by atoms with E-state index in [1.165, 1.54) is 7.11 Å². The number of aromatic amines is 1. The number of hydrogen-bond donors (Lipinski definition) is 3. The van der Waals surface area contributed by atoms with E-state index in [2.05, 4.69) is 10.3 Å². The maximum atomic E-state index is 13.2. The molecule has 0 aliphatic carbocycles. The molecule has 39 heavy (non-hydrogen) atoms. The number of amides is 1. The second kappa shape index (κ2) is 10.1. The summed E-state index contributed by atoms with van der Waals surface area (Å²) >= 11 is 0. The molecular formula is C30H26N2O7. The minimum Gasteiger partial charge on any atom is -0.507 e. The smallest absolute Gasteiger partial charge is 0.343 e. The summed E-state index contributed by atoms with van der Waals surface area (Å²) in [5.41, 5.74) is 2.19. The van der Waals surface area contributed by atoms with Crippen molar-refractivity contribution in [1.82, 2.24) is 10.3 Å². The van der Waals surface area contributed by atoms with E-state index in [4.69, 9.17) is 18.6 Å². The Morgan fingerprint density at radius 1 is 1.10 bits per heavy atom. The lowest BCUT2D eigenvalue weighted by Gasteiger charge is -2.20. The molecule has 0 fully saturated rings. The Balaban J connectivity index is 1.32. The molecule has 1 atom stereocenters. The number of para-hydroxylation sites is 2. The molecule has 0 radical (unpaired) electrons. The molecule has 5 aromatic rings. The van der Waals surface area contributed by atoms with Crippen molar-refractivity contribution in [3.05, 3.63) is 94.0 Å². The van der Waals surface area contributed by atoms with Crippen LogP contribution in [0, 0.1) is 0 Å². The molecule has 1 aliphatic rings. The van der Waals surface area contributed by atoms with Crippen LogP contribution in [0.5, 0.6) is 23.0 Å². The van der Waals surface area contributed by atoms with Gasteiger partial charge in [0.25, 0.3) is 0 Å². The van der Waals surface area contributed by atoms with Crippen molar-refractivity contribution >= 4 is 27.8 Å². The summed E-state index contributed by atoms with van der Waals surface area (Å²) in [6.07, 6.45) is 2.45. The molecular weight excluding hydrogens is 500 g/mol. The first kappa shape index (κ1) is 24.4. The summed E-state index contributed by atoms with van der Waals surface area (Å²) in [5.74, 6) is -0.0908. The second-order valence-corrected chi connectivity index (χ2v) is 9.32. The highest BCUT2D eigenvalue weighted by atomic mass is 16.7. The van der Waals surface area contributed by atoms with Gasteiger partial charge in [-0.15, -0.1) is 0 Å². The lowest BCUT2D eigenvalue weighted by atomic mass is 9.87. The first-order chi connectivity index (χ1) is 19.0. The molecule has 3 heterocycles. The van der Waals surface area contributed by atoms with Crippen molar-refractivity contribution in [3.8, 4) is 23.0 Å². The summed E-state index contributed by atoms with van der Waals surface area (Å²) < 4.78 is 22.1. The molecule has 0 saturated heterocycles. The highest BCUT2D eigenvalue weighted by Crippen LogP contribution is 2.46. The third kappa shape index (κ3) is 4.52. The summed E-state index contributed by atoms with van der Waals surface area (Å²) in [7, 11) is 1.50.